The van der Waals surface area contributed by atoms with Gasteiger partial charge in [0.15, 0.2) is 11.7 Å². The van der Waals surface area contributed by atoms with Crippen molar-refractivity contribution in [2.45, 2.75) is 25.2 Å². The summed E-state index contributed by atoms with van der Waals surface area (Å²) in [6.45, 7) is 1.20. The van der Waals surface area contributed by atoms with Crippen LogP contribution >= 0.6 is 0 Å². The lowest BCUT2D eigenvalue weighted by Crippen LogP contribution is -2.29. The molecule has 1 aliphatic carbocycles. The van der Waals surface area contributed by atoms with Crippen LogP contribution in [0.1, 0.15) is 31.0 Å². The maximum atomic E-state index is 12.9. The molecule has 1 saturated carbocycles. The number of aryl methyl sites for hydroxylation is 1. The lowest BCUT2D eigenvalue weighted by Gasteiger charge is -2.16. The summed E-state index contributed by atoms with van der Waals surface area (Å²) in [5.74, 6) is -0.433. The molecule has 2 atom stereocenters. The number of aromatic nitrogens is 2. The molecular weight excluding hydrogens is 316 g/mol. The Hall–Kier alpha value is -2.68. The van der Waals surface area contributed by atoms with Gasteiger partial charge in [-0.3, -0.25) is 9.59 Å². The van der Waals surface area contributed by atoms with E-state index in [0.717, 1.165) is 17.6 Å². The van der Waals surface area contributed by atoms with Crippen LogP contribution in [-0.2, 0) is 16.6 Å². The van der Waals surface area contributed by atoms with Crippen molar-refractivity contribution in [2.24, 2.45) is 18.9 Å². The lowest BCUT2D eigenvalue weighted by atomic mass is 9.92. The molecule has 0 spiro atoms. The fourth-order valence-corrected chi connectivity index (χ4v) is 3.66. The Balaban J connectivity index is 1.58. The molecule has 0 radical (unpaired) electrons. The van der Waals surface area contributed by atoms with Gasteiger partial charge in [-0.15, -0.1) is 0 Å². The molecule has 1 aromatic carbocycles. The van der Waals surface area contributed by atoms with Gasteiger partial charge in [-0.05, 0) is 30.9 Å². The number of imidazole rings is 1. The first-order chi connectivity index (χ1) is 12.1. The number of carbonyl (C=O) groups is 2. The molecule has 1 saturated heterocycles. The number of Topliss-reactive ketones (excluding diaryl/α,β-unsaturated/α-hetero) is 1. The van der Waals surface area contributed by atoms with E-state index in [1.807, 2.05) is 31.3 Å². The minimum Gasteiger partial charge on any atom is -0.342 e. The molecule has 0 N–H and O–H groups in total. The quantitative estimate of drug-likeness (QED) is 0.836. The molecule has 6 heteroatoms. The predicted molar refractivity (Wildman–Crippen MR) is 91.5 cm³/mol. The monoisotopic (exact) mass is 336 g/mol. The molecular formula is C19H20N4O2. The van der Waals surface area contributed by atoms with Crippen LogP contribution in [0.15, 0.2) is 24.3 Å². The van der Waals surface area contributed by atoms with E-state index in [4.69, 9.17) is 0 Å². The van der Waals surface area contributed by atoms with Gasteiger partial charge < -0.3 is 9.47 Å². The molecule has 2 heterocycles. The topological polar surface area (TPSA) is 79.0 Å². The van der Waals surface area contributed by atoms with Crippen LogP contribution in [0.25, 0.3) is 11.0 Å². The van der Waals surface area contributed by atoms with Gasteiger partial charge in [0, 0.05) is 32.5 Å². The van der Waals surface area contributed by atoms with Gasteiger partial charge in [-0.2, -0.15) is 5.26 Å². The number of hydrogen-bond donors (Lipinski definition) is 0. The Labute approximate surface area is 146 Å². The Bertz CT molecular complexity index is 890. The number of carbonyl (C=O) groups excluding carboxylic acids is 2. The second-order valence-corrected chi connectivity index (χ2v) is 7.13. The van der Waals surface area contributed by atoms with Crippen LogP contribution in [0.5, 0.6) is 0 Å². The molecule has 2 fully saturated rings. The highest BCUT2D eigenvalue weighted by atomic mass is 16.2. The molecule has 128 valence electrons. The third-order valence-corrected chi connectivity index (χ3v) is 5.29. The van der Waals surface area contributed by atoms with E-state index in [1.54, 1.807) is 9.47 Å². The molecule has 2 unspecified atom stereocenters. The van der Waals surface area contributed by atoms with Gasteiger partial charge in [0.1, 0.15) is 5.82 Å². The minimum atomic E-state index is -0.934. The van der Waals surface area contributed by atoms with Crippen molar-refractivity contribution in [1.82, 2.24) is 14.5 Å². The van der Waals surface area contributed by atoms with E-state index < -0.39 is 11.8 Å². The van der Waals surface area contributed by atoms with Crippen LogP contribution in [0.2, 0.25) is 0 Å². The summed E-state index contributed by atoms with van der Waals surface area (Å²) in [5.41, 5.74) is 1.66. The number of para-hydroxylation sites is 2. The lowest BCUT2D eigenvalue weighted by molar-refractivity contribution is -0.128. The second-order valence-electron chi connectivity index (χ2n) is 7.13. The van der Waals surface area contributed by atoms with Crippen LogP contribution in [0.3, 0.4) is 0 Å². The summed E-state index contributed by atoms with van der Waals surface area (Å²) < 4.78 is 1.81. The van der Waals surface area contributed by atoms with Gasteiger partial charge in [0.2, 0.25) is 5.91 Å². The van der Waals surface area contributed by atoms with Crippen molar-refractivity contribution in [3.8, 4) is 6.07 Å². The third-order valence-electron chi connectivity index (χ3n) is 5.29. The third kappa shape index (κ3) is 2.80. The number of hydrogen-bond acceptors (Lipinski definition) is 4. The number of fused-ring (bicyclic) bond motifs is 1. The fraction of sp³-hybridized carbons (Fsp3) is 0.474. The number of amides is 1. The standard InChI is InChI=1S/C19H20N4O2/c1-22-16-5-3-2-4-15(16)21-19(22)14(9-20)18(25)13-8-17(24)23(11-13)10-12-6-7-12/h2-5,12-14H,6-8,10-11H2,1H3. The van der Waals surface area contributed by atoms with Crippen molar-refractivity contribution in [1.29, 1.82) is 5.26 Å². The molecule has 4 rings (SSSR count). The van der Waals surface area contributed by atoms with Crippen molar-refractivity contribution >= 4 is 22.7 Å². The van der Waals surface area contributed by atoms with E-state index >= 15 is 0 Å². The summed E-state index contributed by atoms with van der Waals surface area (Å²) in [6.07, 6.45) is 2.56. The van der Waals surface area contributed by atoms with Crippen molar-refractivity contribution in [3.63, 3.8) is 0 Å². The number of benzene rings is 1. The summed E-state index contributed by atoms with van der Waals surface area (Å²) >= 11 is 0. The van der Waals surface area contributed by atoms with Crippen LogP contribution in [-0.4, -0.2) is 39.2 Å². The first-order valence-electron chi connectivity index (χ1n) is 8.71. The molecule has 25 heavy (non-hydrogen) atoms. The highest BCUT2D eigenvalue weighted by Crippen LogP contribution is 2.33. The molecule has 2 aromatic rings. The first-order valence-corrected chi connectivity index (χ1v) is 8.71. The molecule has 2 aliphatic rings. The van der Waals surface area contributed by atoms with Crippen LogP contribution < -0.4 is 0 Å². The predicted octanol–water partition coefficient (Wildman–Crippen LogP) is 2.01. The van der Waals surface area contributed by atoms with Crippen molar-refractivity contribution < 1.29 is 9.59 Å². The maximum Gasteiger partial charge on any atom is 0.223 e. The average molecular weight is 336 g/mol. The summed E-state index contributed by atoms with van der Waals surface area (Å²) in [4.78, 5) is 31.4. The van der Waals surface area contributed by atoms with Crippen molar-refractivity contribution in [2.75, 3.05) is 13.1 Å². The SMILES string of the molecule is Cn1c(C(C#N)C(=O)C2CC(=O)N(CC3CC3)C2)nc2ccccc21. The number of rotatable bonds is 5. The number of likely N-dealkylation sites (tertiary alicyclic amines) is 1. The fourth-order valence-electron chi connectivity index (χ4n) is 3.66. The largest absolute Gasteiger partial charge is 0.342 e. The van der Waals surface area contributed by atoms with E-state index in [-0.39, 0.29) is 18.1 Å². The summed E-state index contributed by atoms with van der Waals surface area (Å²) in [7, 11) is 1.82. The smallest absolute Gasteiger partial charge is 0.223 e. The summed E-state index contributed by atoms with van der Waals surface area (Å²) in [5, 5.41) is 9.62. The first kappa shape index (κ1) is 15.8. The number of nitriles is 1. The zero-order valence-electron chi connectivity index (χ0n) is 14.2. The Morgan fingerprint density at radius 3 is 2.84 bits per heavy atom. The maximum absolute atomic E-state index is 12.9. The van der Waals surface area contributed by atoms with E-state index in [1.165, 1.54) is 12.8 Å². The zero-order valence-corrected chi connectivity index (χ0v) is 14.2. The van der Waals surface area contributed by atoms with Gasteiger partial charge in [0.25, 0.3) is 0 Å². The normalized spacial score (nSPS) is 21.5. The van der Waals surface area contributed by atoms with Gasteiger partial charge in [-0.1, -0.05) is 12.1 Å². The number of nitrogens with zero attached hydrogens (tertiary/aromatic N) is 4. The van der Waals surface area contributed by atoms with Crippen LogP contribution in [0, 0.1) is 23.2 Å². The molecule has 0 bridgehead atoms. The van der Waals surface area contributed by atoms with Gasteiger partial charge >= 0.3 is 0 Å². The molecule has 1 amide bonds. The van der Waals surface area contributed by atoms with Crippen molar-refractivity contribution in [3.05, 3.63) is 30.1 Å². The Morgan fingerprint density at radius 1 is 1.40 bits per heavy atom. The number of ketones is 1. The van der Waals surface area contributed by atoms with Gasteiger partial charge in [0.05, 0.1) is 17.1 Å². The van der Waals surface area contributed by atoms with E-state index in [2.05, 4.69) is 11.1 Å². The molecule has 1 aliphatic heterocycles. The molecule has 6 nitrogen and oxygen atoms in total. The zero-order chi connectivity index (χ0) is 17.6. The Kier molecular flexibility index (Phi) is 3.79. The summed E-state index contributed by atoms with van der Waals surface area (Å²) in [6, 6.07) is 9.69. The Morgan fingerprint density at radius 2 is 2.16 bits per heavy atom. The van der Waals surface area contributed by atoms with Crippen LogP contribution in [0.4, 0.5) is 0 Å². The minimum absolute atomic E-state index is 0.0342. The van der Waals surface area contributed by atoms with Gasteiger partial charge in [-0.25, -0.2) is 4.98 Å². The highest BCUT2D eigenvalue weighted by molar-refractivity contribution is 5.95. The molecule has 1 aromatic heterocycles. The van der Waals surface area contributed by atoms with E-state index in [0.29, 0.717) is 18.3 Å². The van der Waals surface area contributed by atoms with E-state index in [9.17, 15) is 14.9 Å². The highest BCUT2D eigenvalue weighted by Gasteiger charge is 2.40. The average Bonchev–Trinajstić information content (AvgIpc) is 3.27. The second kappa shape index (κ2) is 5.99.